The molecule has 11 heteroatoms. The average molecular weight is 446 g/mol. The molecule has 1 N–H and O–H groups in total. The molecule has 0 unspecified atom stereocenters. The van der Waals surface area contributed by atoms with Crippen LogP contribution in [0.5, 0.6) is 11.5 Å². The van der Waals surface area contributed by atoms with Crippen molar-refractivity contribution in [3.63, 3.8) is 0 Å². The molecule has 0 aliphatic carbocycles. The van der Waals surface area contributed by atoms with Crippen LogP contribution in [0.2, 0.25) is 0 Å². The molecule has 2 aromatic carbocycles. The van der Waals surface area contributed by atoms with E-state index in [9.17, 15) is 13.2 Å². The van der Waals surface area contributed by atoms with E-state index in [4.69, 9.17) is 14.0 Å². The molecule has 3 aromatic rings. The van der Waals surface area contributed by atoms with Crippen LogP contribution in [0.1, 0.15) is 5.89 Å². The first-order valence-corrected chi connectivity index (χ1v) is 11.0. The molecule has 0 spiro atoms. The summed E-state index contributed by atoms with van der Waals surface area (Å²) in [6, 6.07) is 13.5. The van der Waals surface area contributed by atoms with E-state index >= 15 is 0 Å². The van der Waals surface area contributed by atoms with Crippen LogP contribution in [0.15, 0.2) is 53.1 Å². The van der Waals surface area contributed by atoms with Crippen LogP contribution >= 0.6 is 0 Å². The topological polar surface area (TPSA) is 124 Å². The molecule has 164 valence electrons. The van der Waals surface area contributed by atoms with E-state index in [0.717, 1.165) is 21.9 Å². The fourth-order valence-electron chi connectivity index (χ4n) is 2.50. The number of rotatable bonds is 9. The number of carbonyl (C=O) groups is 1. The highest BCUT2D eigenvalue weighted by atomic mass is 32.2. The Kier molecular flexibility index (Phi) is 6.75. The summed E-state index contributed by atoms with van der Waals surface area (Å²) in [6.07, 6.45) is 1.12. The van der Waals surface area contributed by atoms with Gasteiger partial charge in [0.1, 0.15) is 11.5 Å². The summed E-state index contributed by atoms with van der Waals surface area (Å²) in [5.41, 5.74) is 1.25. The van der Waals surface area contributed by atoms with Crippen LogP contribution in [-0.2, 0) is 21.4 Å². The Bertz CT molecular complexity index is 1130. The number of carbonyl (C=O) groups excluding carboxylic acids is 1. The number of methoxy groups -OCH3 is 1. The van der Waals surface area contributed by atoms with Gasteiger partial charge in [-0.3, -0.25) is 9.10 Å². The highest BCUT2D eigenvalue weighted by molar-refractivity contribution is 7.92. The molecule has 0 radical (unpaired) electrons. The second kappa shape index (κ2) is 9.47. The summed E-state index contributed by atoms with van der Waals surface area (Å²) in [7, 11) is -0.306. The number of benzene rings is 2. The quantitative estimate of drug-likeness (QED) is 0.528. The molecule has 10 nitrogen and oxygen atoms in total. The van der Waals surface area contributed by atoms with Crippen LogP contribution in [0, 0.1) is 0 Å². The van der Waals surface area contributed by atoms with Gasteiger partial charge in [0.15, 0.2) is 6.61 Å². The number of amides is 1. The van der Waals surface area contributed by atoms with E-state index in [0.29, 0.717) is 17.3 Å². The Morgan fingerprint density at radius 2 is 1.74 bits per heavy atom. The average Bonchev–Trinajstić information content (AvgIpc) is 3.24. The van der Waals surface area contributed by atoms with Gasteiger partial charge in [-0.15, -0.1) is 0 Å². The first-order valence-electron chi connectivity index (χ1n) is 9.17. The number of nitrogens with zero attached hydrogens (tertiary/aromatic N) is 3. The van der Waals surface area contributed by atoms with E-state index in [-0.39, 0.29) is 24.9 Å². The maximum atomic E-state index is 12.0. The highest BCUT2D eigenvalue weighted by Gasteiger charge is 2.13. The first-order chi connectivity index (χ1) is 14.8. The van der Waals surface area contributed by atoms with E-state index in [1.807, 2.05) is 0 Å². The van der Waals surface area contributed by atoms with E-state index in [2.05, 4.69) is 15.5 Å². The first kappa shape index (κ1) is 22.1. The standard InChI is InChI=1S/C20H22N4O6S/c1-24(31(3,26)27)15-6-10-17(11-7-15)29-13-18(25)21-12-19-22-20(23-30-19)14-4-8-16(28-2)9-5-14/h4-11H,12-13H2,1-3H3,(H,21,25). The largest absolute Gasteiger partial charge is 0.497 e. The normalized spacial score (nSPS) is 11.1. The zero-order valence-corrected chi connectivity index (χ0v) is 18.0. The van der Waals surface area contributed by atoms with E-state index < -0.39 is 10.0 Å². The van der Waals surface area contributed by atoms with Gasteiger partial charge in [-0.25, -0.2) is 8.42 Å². The summed E-state index contributed by atoms with van der Waals surface area (Å²) in [6.45, 7) is -0.163. The molecule has 0 atom stereocenters. The van der Waals surface area contributed by atoms with Gasteiger partial charge in [0.05, 0.1) is 25.6 Å². The van der Waals surface area contributed by atoms with Crippen molar-refractivity contribution in [2.75, 3.05) is 31.3 Å². The van der Waals surface area contributed by atoms with Gasteiger partial charge in [-0.1, -0.05) is 5.16 Å². The second-order valence-electron chi connectivity index (χ2n) is 6.53. The fourth-order valence-corrected chi connectivity index (χ4v) is 3.01. The van der Waals surface area contributed by atoms with Gasteiger partial charge < -0.3 is 19.3 Å². The van der Waals surface area contributed by atoms with Crippen LogP contribution in [0.25, 0.3) is 11.4 Å². The third-order valence-electron chi connectivity index (χ3n) is 4.32. The zero-order chi connectivity index (χ0) is 22.4. The molecule has 1 amide bonds. The lowest BCUT2D eigenvalue weighted by Gasteiger charge is -2.16. The molecule has 1 heterocycles. The summed E-state index contributed by atoms with van der Waals surface area (Å²) >= 11 is 0. The number of anilines is 1. The predicted octanol–water partition coefficient (Wildman–Crippen LogP) is 1.84. The van der Waals surface area contributed by atoms with Crippen LogP contribution in [0.4, 0.5) is 5.69 Å². The molecular formula is C20H22N4O6S. The lowest BCUT2D eigenvalue weighted by atomic mass is 10.2. The van der Waals surface area contributed by atoms with Gasteiger partial charge in [-0.05, 0) is 48.5 Å². The fraction of sp³-hybridized carbons (Fsp3) is 0.250. The Hall–Kier alpha value is -3.60. The minimum Gasteiger partial charge on any atom is -0.497 e. The molecule has 3 rings (SSSR count). The van der Waals surface area contributed by atoms with E-state index in [1.165, 1.54) is 7.05 Å². The summed E-state index contributed by atoms with van der Waals surface area (Å²) < 4.78 is 39.9. The van der Waals surface area contributed by atoms with Crippen molar-refractivity contribution in [1.82, 2.24) is 15.5 Å². The van der Waals surface area contributed by atoms with Crippen LogP contribution < -0.4 is 19.1 Å². The highest BCUT2D eigenvalue weighted by Crippen LogP contribution is 2.21. The Morgan fingerprint density at radius 1 is 1.10 bits per heavy atom. The molecule has 0 saturated carbocycles. The number of nitrogens with one attached hydrogen (secondary N) is 1. The number of hydrogen-bond donors (Lipinski definition) is 1. The third-order valence-corrected chi connectivity index (χ3v) is 5.53. The lowest BCUT2D eigenvalue weighted by molar-refractivity contribution is -0.123. The van der Waals surface area contributed by atoms with Gasteiger partial charge in [-0.2, -0.15) is 4.98 Å². The number of hydrogen-bond acceptors (Lipinski definition) is 8. The van der Waals surface area contributed by atoms with Crippen molar-refractivity contribution in [1.29, 1.82) is 0 Å². The molecule has 31 heavy (non-hydrogen) atoms. The second-order valence-corrected chi connectivity index (χ2v) is 8.54. The third kappa shape index (κ3) is 5.95. The minimum atomic E-state index is -3.34. The van der Waals surface area contributed by atoms with E-state index in [1.54, 1.807) is 55.6 Å². The molecule has 1 aromatic heterocycles. The van der Waals surface area contributed by atoms with Gasteiger partial charge in [0, 0.05) is 12.6 Å². The molecule has 0 saturated heterocycles. The van der Waals surface area contributed by atoms with Gasteiger partial charge >= 0.3 is 0 Å². The van der Waals surface area contributed by atoms with Crippen molar-refractivity contribution in [3.05, 3.63) is 54.4 Å². The molecule has 0 fully saturated rings. The van der Waals surface area contributed by atoms with Crippen molar-refractivity contribution in [3.8, 4) is 22.9 Å². The predicted molar refractivity (Wildman–Crippen MR) is 113 cm³/mol. The monoisotopic (exact) mass is 446 g/mol. The summed E-state index contributed by atoms with van der Waals surface area (Å²) in [5, 5.41) is 6.53. The van der Waals surface area contributed by atoms with Gasteiger partial charge in [0.2, 0.25) is 21.7 Å². The molecular weight excluding hydrogens is 424 g/mol. The Balaban J connectivity index is 1.48. The summed E-state index contributed by atoms with van der Waals surface area (Å²) in [4.78, 5) is 16.3. The van der Waals surface area contributed by atoms with Crippen LogP contribution in [0.3, 0.4) is 0 Å². The van der Waals surface area contributed by atoms with Crippen molar-refractivity contribution in [2.24, 2.45) is 0 Å². The number of ether oxygens (including phenoxy) is 2. The SMILES string of the molecule is COc1ccc(-c2noc(CNC(=O)COc3ccc(N(C)S(C)(=O)=O)cc3)n2)cc1. The van der Waals surface area contributed by atoms with Crippen LogP contribution in [-0.4, -0.2) is 51.5 Å². The maximum Gasteiger partial charge on any atom is 0.258 e. The van der Waals surface area contributed by atoms with Crippen molar-refractivity contribution < 1.29 is 27.2 Å². The maximum absolute atomic E-state index is 12.0. The molecule has 0 bridgehead atoms. The zero-order valence-electron chi connectivity index (χ0n) is 17.2. The summed E-state index contributed by atoms with van der Waals surface area (Å²) in [5.74, 6) is 1.44. The minimum absolute atomic E-state index is 0.0590. The lowest BCUT2D eigenvalue weighted by Crippen LogP contribution is -2.28. The number of aromatic nitrogens is 2. The Morgan fingerprint density at radius 3 is 2.35 bits per heavy atom. The number of sulfonamides is 1. The van der Waals surface area contributed by atoms with Crippen molar-refractivity contribution in [2.45, 2.75) is 6.54 Å². The molecule has 0 aliphatic rings. The van der Waals surface area contributed by atoms with Gasteiger partial charge in [0.25, 0.3) is 5.91 Å². The Labute approximate surface area is 179 Å². The van der Waals surface area contributed by atoms with Crippen molar-refractivity contribution >= 4 is 21.6 Å². The molecule has 0 aliphatic heterocycles. The smallest absolute Gasteiger partial charge is 0.258 e.